The number of methoxy groups -OCH3 is 1. The van der Waals surface area contributed by atoms with Crippen molar-refractivity contribution in [1.82, 2.24) is 10.7 Å². The number of amides is 2. The Morgan fingerprint density at radius 2 is 1.92 bits per heavy atom. The van der Waals surface area contributed by atoms with E-state index in [0.717, 1.165) is 0 Å². The third kappa shape index (κ3) is 5.48. The first kappa shape index (κ1) is 18.8. The molecule has 2 rings (SSSR count). The van der Waals surface area contributed by atoms with Crippen LogP contribution >= 0.6 is 23.2 Å². The predicted octanol–water partition coefficient (Wildman–Crippen LogP) is 2.77. The molecule has 25 heavy (non-hydrogen) atoms. The lowest BCUT2D eigenvalue weighted by Gasteiger charge is -2.06. The zero-order valence-corrected chi connectivity index (χ0v) is 14.8. The molecule has 0 aromatic heterocycles. The third-order valence-electron chi connectivity index (χ3n) is 3.17. The molecule has 2 aromatic rings. The Morgan fingerprint density at radius 3 is 2.64 bits per heavy atom. The van der Waals surface area contributed by atoms with Crippen molar-refractivity contribution in [1.29, 1.82) is 0 Å². The fraction of sp³-hybridized carbons (Fsp3) is 0.118. The number of carbonyl (C=O) groups excluding carboxylic acids is 2. The van der Waals surface area contributed by atoms with Crippen molar-refractivity contribution in [3.63, 3.8) is 0 Å². The van der Waals surface area contributed by atoms with Crippen molar-refractivity contribution in [2.24, 2.45) is 5.10 Å². The first-order valence-corrected chi connectivity index (χ1v) is 7.95. The summed E-state index contributed by atoms with van der Waals surface area (Å²) in [5.41, 5.74) is 3.46. The third-order valence-corrected chi connectivity index (χ3v) is 3.76. The molecule has 8 heteroatoms. The normalized spacial score (nSPS) is 10.5. The average Bonchev–Trinajstić information content (AvgIpc) is 2.61. The van der Waals surface area contributed by atoms with E-state index in [0.29, 0.717) is 26.9 Å². The smallest absolute Gasteiger partial charge is 0.329 e. The second kappa shape index (κ2) is 9.05. The summed E-state index contributed by atoms with van der Waals surface area (Å²) in [6.45, 7) is 0.0957. The number of hydrogen-bond acceptors (Lipinski definition) is 4. The van der Waals surface area contributed by atoms with Crippen LogP contribution in [0.3, 0.4) is 0 Å². The molecule has 0 bridgehead atoms. The maximum absolute atomic E-state index is 11.8. The Bertz CT molecular complexity index is 809. The Kier molecular flexibility index (Phi) is 6.80. The molecule has 0 unspecified atom stereocenters. The molecule has 0 saturated carbocycles. The SMILES string of the molecule is COc1ccccc1/C=N/NC(=O)C(=O)NCc1ccc(Cl)cc1Cl. The van der Waals surface area contributed by atoms with Crippen molar-refractivity contribution in [2.75, 3.05) is 7.11 Å². The maximum Gasteiger partial charge on any atom is 0.329 e. The van der Waals surface area contributed by atoms with E-state index in [-0.39, 0.29) is 6.54 Å². The van der Waals surface area contributed by atoms with Crippen molar-refractivity contribution in [2.45, 2.75) is 6.54 Å². The molecule has 2 aromatic carbocycles. The van der Waals surface area contributed by atoms with Gasteiger partial charge in [0.05, 0.1) is 13.3 Å². The van der Waals surface area contributed by atoms with Gasteiger partial charge in [0.15, 0.2) is 0 Å². The number of nitrogens with one attached hydrogen (secondary N) is 2. The van der Waals surface area contributed by atoms with Gasteiger partial charge in [-0.3, -0.25) is 9.59 Å². The van der Waals surface area contributed by atoms with Gasteiger partial charge in [-0.15, -0.1) is 0 Å². The highest BCUT2D eigenvalue weighted by atomic mass is 35.5. The number of halogens is 2. The molecule has 0 spiro atoms. The number of nitrogens with zero attached hydrogens (tertiary/aromatic N) is 1. The quantitative estimate of drug-likeness (QED) is 0.476. The van der Waals surface area contributed by atoms with Gasteiger partial charge in [-0.05, 0) is 29.8 Å². The van der Waals surface area contributed by atoms with Crippen LogP contribution < -0.4 is 15.5 Å². The first-order valence-electron chi connectivity index (χ1n) is 7.19. The van der Waals surface area contributed by atoms with Gasteiger partial charge >= 0.3 is 11.8 Å². The molecule has 2 N–H and O–H groups in total. The summed E-state index contributed by atoms with van der Waals surface area (Å²) in [5, 5.41) is 7.09. The lowest BCUT2D eigenvalue weighted by atomic mass is 10.2. The molecular formula is C17H15Cl2N3O3. The Labute approximate surface area is 154 Å². The van der Waals surface area contributed by atoms with Gasteiger partial charge in [-0.25, -0.2) is 5.43 Å². The van der Waals surface area contributed by atoms with Crippen LogP contribution in [0.2, 0.25) is 10.0 Å². The maximum atomic E-state index is 11.8. The van der Waals surface area contributed by atoms with Gasteiger partial charge in [0, 0.05) is 22.2 Å². The van der Waals surface area contributed by atoms with Crippen LogP contribution in [0, 0.1) is 0 Å². The molecule has 0 atom stereocenters. The van der Waals surface area contributed by atoms with Crippen molar-refractivity contribution in [3.05, 3.63) is 63.6 Å². The minimum absolute atomic E-state index is 0.0957. The molecule has 0 radical (unpaired) electrons. The Hall–Kier alpha value is -2.57. The number of ether oxygens (including phenoxy) is 1. The first-order chi connectivity index (χ1) is 12.0. The van der Waals surface area contributed by atoms with Gasteiger partial charge in [0.1, 0.15) is 5.75 Å². The molecule has 2 amide bonds. The molecule has 0 heterocycles. The number of carbonyl (C=O) groups is 2. The molecule has 6 nitrogen and oxygen atoms in total. The number of hydrazone groups is 1. The highest BCUT2D eigenvalue weighted by Gasteiger charge is 2.13. The highest BCUT2D eigenvalue weighted by molar-refractivity contribution is 6.36. The van der Waals surface area contributed by atoms with Crippen LogP contribution in [0.25, 0.3) is 0 Å². The largest absolute Gasteiger partial charge is 0.496 e. The van der Waals surface area contributed by atoms with Gasteiger partial charge in [-0.1, -0.05) is 41.4 Å². The van der Waals surface area contributed by atoms with E-state index < -0.39 is 11.8 Å². The Morgan fingerprint density at radius 1 is 1.16 bits per heavy atom. The predicted molar refractivity (Wildman–Crippen MR) is 97.0 cm³/mol. The fourth-order valence-corrected chi connectivity index (χ4v) is 2.38. The van der Waals surface area contributed by atoms with Crippen LogP contribution in [0.15, 0.2) is 47.6 Å². The molecule has 0 aliphatic carbocycles. The lowest BCUT2D eigenvalue weighted by molar-refractivity contribution is -0.139. The second-order valence-corrected chi connectivity index (χ2v) is 5.70. The van der Waals surface area contributed by atoms with Gasteiger partial charge in [-0.2, -0.15) is 5.10 Å². The number of hydrogen-bond donors (Lipinski definition) is 2. The summed E-state index contributed by atoms with van der Waals surface area (Å²) >= 11 is 11.8. The monoisotopic (exact) mass is 379 g/mol. The van der Waals surface area contributed by atoms with Crippen LogP contribution in [0.5, 0.6) is 5.75 Å². The Balaban J connectivity index is 1.88. The minimum Gasteiger partial charge on any atom is -0.496 e. The van der Waals surface area contributed by atoms with E-state index in [1.54, 1.807) is 36.4 Å². The number of benzene rings is 2. The van der Waals surface area contributed by atoms with E-state index in [2.05, 4.69) is 15.8 Å². The van der Waals surface area contributed by atoms with Gasteiger partial charge < -0.3 is 10.1 Å². The summed E-state index contributed by atoms with van der Waals surface area (Å²) in [6.07, 6.45) is 1.39. The number of para-hydroxylation sites is 1. The van der Waals surface area contributed by atoms with E-state index in [1.165, 1.54) is 13.3 Å². The molecule has 130 valence electrons. The summed E-state index contributed by atoms with van der Waals surface area (Å²) in [6, 6.07) is 12.0. The average molecular weight is 380 g/mol. The summed E-state index contributed by atoms with van der Waals surface area (Å²) in [5.74, 6) is -1.12. The standard InChI is InChI=1S/C17H15Cl2N3O3/c1-25-15-5-3-2-4-12(15)10-21-22-17(24)16(23)20-9-11-6-7-13(18)8-14(11)19/h2-8,10H,9H2,1H3,(H,20,23)(H,22,24)/b21-10+. The number of rotatable bonds is 5. The summed E-state index contributed by atoms with van der Waals surface area (Å²) in [7, 11) is 1.53. The molecule has 0 saturated heterocycles. The van der Waals surface area contributed by atoms with Gasteiger partial charge in [0.25, 0.3) is 0 Å². The summed E-state index contributed by atoms with van der Waals surface area (Å²) < 4.78 is 5.15. The van der Waals surface area contributed by atoms with Crippen LogP contribution in [-0.2, 0) is 16.1 Å². The minimum atomic E-state index is -0.892. The highest BCUT2D eigenvalue weighted by Crippen LogP contribution is 2.20. The lowest BCUT2D eigenvalue weighted by Crippen LogP contribution is -2.37. The molecule has 0 fully saturated rings. The van der Waals surface area contributed by atoms with E-state index in [4.69, 9.17) is 27.9 Å². The molecule has 0 aliphatic heterocycles. The summed E-state index contributed by atoms with van der Waals surface area (Å²) in [4.78, 5) is 23.5. The van der Waals surface area contributed by atoms with Crippen molar-refractivity contribution in [3.8, 4) is 5.75 Å². The molecule has 0 aliphatic rings. The molecular weight excluding hydrogens is 365 g/mol. The zero-order valence-electron chi connectivity index (χ0n) is 13.3. The van der Waals surface area contributed by atoms with Crippen LogP contribution in [0.1, 0.15) is 11.1 Å². The van der Waals surface area contributed by atoms with Crippen LogP contribution in [0.4, 0.5) is 0 Å². The topological polar surface area (TPSA) is 79.8 Å². The van der Waals surface area contributed by atoms with Crippen molar-refractivity contribution < 1.29 is 14.3 Å². The second-order valence-electron chi connectivity index (χ2n) is 4.86. The van der Waals surface area contributed by atoms with Gasteiger partial charge in [0.2, 0.25) is 0 Å². The van der Waals surface area contributed by atoms with Crippen LogP contribution in [-0.4, -0.2) is 25.1 Å². The van der Waals surface area contributed by atoms with E-state index in [9.17, 15) is 9.59 Å². The van der Waals surface area contributed by atoms with Crippen molar-refractivity contribution >= 4 is 41.2 Å². The van der Waals surface area contributed by atoms with E-state index >= 15 is 0 Å². The fourth-order valence-electron chi connectivity index (χ4n) is 1.91. The zero-order chi connectivity index (χ0) is 18.2. The van der Waals surface area contributed by atoms with E-state index in [1.807, 2.05) is 6.07 Å².